The number of nitrogens with one attached hydrogen (secondary N) is 1. The highest BCUT2D eigenvalue weighted by Crippen LogP contribution is 1.91. The summed E-state index contributed by atoms with van der Waals surface area (Å²) in [6, 6.07) is 1.81. The molecule has 1 aromatic heterocycles. The van der Waals surface area contributed by atoms with Gasteiger partial charge in [0.1, 0.15) is 6.26 Å². The highest BCUT2D eigenvalue weighted by atomic mass is 16.5. The summed E-state index contributed by atoms with van der Waals surface area (Å²) in [4.78, 5) is 0. The summed E-state index contributed by atoms with van der Waals surface area (Å²) < 4.78 is 9.70. The minimum absolute atomic E-state index is 0.0727. The molecule has 0 radical (unpaired) electrons. The lowest BCUT2D eigenvalue weighted by atomic mass is 10.4. The van der Waals surface area contributed by atoms with Crippen molar-refractivity contribution < 1.29 is 14.4 Å². The van der Waals surface area contributed by atoms with E-state index in [1.165, 1.54) is 0 Å². The van der Waals surface area contributed by atoms with Crippen LogP contribution < -0.4 is 5.32 Å². The molecular formula is C8H14N2O3. The number of aromatic nitrogens is 1. The summed E-state index contributed by atoms with van der Waals surface area (Å²) in [6.45, 7) is 2.49. The Morgan fingerprint density at radius 3 is 3.15 bits per heavy atom. The Morgan fingerprint density at radius 2 is 2.46 bits per heavy atom. The molecule has 5 nitrogen and oxygen atoms in total. The van der Waals surface area contributed by atoms with E-state index in [9.17, 15) is 0 Å². The predicted octanol–water partition coefficient (Wildman–Crippen LogP) is -0.227. The van der Waals surface area contributed by atoms with E-state index < -0.39 is 0 Å². The van der Waals surface area contributed by atoms with Crippen molar-refractivity contribution in [2.24, 2.45) is 0 Å². The maximum atomic E-state index is 8.41. The molecule has 0 bridgehead atoms. The highest BCUT2D eigenvalue weighted by Gasteiger charge is 1.94. The number of ether oxygens (including phenoxy) is 1. The average Bonchev–Trinajstić information content (AvgIpc) is 2.63. The molecule has 74 valence electrons. The van der Waals surface area contributed by atoms with E-state index in [-0.39, 0.29) is 6.61 Å². The predicted molar refractivity (Wildman–Crippen MR) is 46.1 cm³/mol. The third-order valence-electron chi connectivity index (χ3n) is 1.46. The van der Waals surface area contributed by atoms with E-state index >= 15 is 0 Å². The van der Waals surface area contributed by atoms with Crippen LogP contribution in [0.1, 0.15) is 5.69 Å². The van der Waals surface area contributed by atoms with Crippen LogP contribution in [-0.4, -0.2) is 36.6 Å². The molecule has 1 rings (SSSR count). The summed E-state index contributed by atoms with van der Waals surface area (Å²) in [5, 5.41) is 15.3. The number of rotatable bonds is 7. The van der Waals surface area contributed by atoms with Gasteiger partial charge in [-0.3, -0.25) is 0 Å². The fourth-order valence-electron chi connectivity index (χ4n) is 0.856. The highest BCUT2D eigenvalue weighted by molar-refractivity contribution is 4.93. The fraction of sp³-hybridized carbons (Fsp3) is 0.625. The van der Waals surface area contributed by atoms with Gasteiger partial charge in [0, 0.05) is 19.2 Å². The van der Waals surface area contributed by atoms with Crippen molar-refractivity contribution in [2.45, 2.75) is 6.54 Å². The first-order valence-corrected chi connectivity index (χ1v) is 4.22. The summed E-state index contributed by atoms with van der Waals surface area (Å²) in [5.41, 5.74) is 0.877. The molecule has 0 amide bonds. The van der Waals surface area contributed by atoms with Crippen LogP contribution in [0, 0.1) is 0 Å². The first-order chi connectivity index (χ1) is 6.43. The van der Waals surface area contributed by atoms with Crippen LogP contribution in [0.3, 0.4) is 0 Å². The van der Waals surface area contributed by atoms with Crippen LogP contribution in [0.15, 0.2) is 16.9 Å². The van der Waals surface area contributed by atoms with Gasteiger partial charge < -0.3 is 19.7 Å². The molecule has 0 aliphatic heterocycles. The summed E-state index contributed by atoms with van der Waals surface area (Å²) in [7, 11) is 0. The second-order valence-electron chi connectivity index (χ2n) is 2.50. The van der Waals surface area contributed by atoms with Crippen LogP contribution in [0.2, 0.25) is 0 Å². The van der Waals surface area contributed by atoms with Crippen LogP contribution in [-0.2, 0) is 11.3 Å². The maximum absolute atomic E-state index is 8.41. The first kappa shape index (κ1) is 10.2. The minimum atomic E-state index is 0.0727. The largest absolute Gasteiger partial charge is 0.394 e. The third kappa shape index (κ3) is 4.62. The van der Waals surface area contributed by atoms with Crippen LogP contribution >= 0.6 is 0 Å². The van der Waals surface area contributed by atoms with E-state index in [0.717, 1.165) is 12.2 Å². The van der Waals surface area contributed by atoms with Crippen molar-refractivity contribution in [1.29, 1.82) is 0 Å². The molecule has 1 heterocycles. The Bertz CT molecular complexity index is 201. The van der Waals surface area contributed by atoms with Crippen LogP contribution in [0.5, 0.6) is 0 Å². The third-order valence-corrected chi connectivity index (χ3v) is 1.46. The van der Waals surface area contributed by atoms with Gasteiger partial charge in [0.05, 0.1) is 25.5 Å². The van der Waals surface area contributed by atoms with Gasteiger partial charge in [-0.25, -0.2) is 0 Å². The molecule has 0 saturated carbocycles. The molecule has 0 spiro atoms. The quantitative estimate of drug-likeness (QED) is 0.576. The van der Waals surface area contributed by atoms with Crippen molar-refractivity contribution in [1.82, 2.24) is 10.5 Å². The van der Waals surface area contributed by atoms with Gasteiger partial charge in [-0.2, -0.15) is 0 Å². The van der Waals surface area contributed by atoms with Crippen molar-refractivity contribution in [3.8, 4) is 0 Å². The van der Waals surface area contributed by atoms with Gasteiger partial charge in [-0.1, -0.05) is 5.16 Å². The van der Waals surface area contributed by atoms with E-state index in [1.807, 2.05) is 6.07 Å². The Kier molecular flexibility index (Phi) is 5.16. The zero-order chi connectivity index (χ0) is 9.36. The monoisotopic (exact) mass is 186 g/mol. The Labute approximate surface area is 76.7 Å². The van der Waals surface area contributed by atoms with E-state index in [2.05, 4.69) is 15.0 Å². The number of aliphatic hydroxyl groups excluding tert-OH is 1. The van der Waals surface area contributed by atoms with Crippen molar-refractivity contribution in [3.63, 3.8) is 0 Å². The lowest BCUT2D eigenvalue weighted by Crippen LogP contribution is -2.20. The van der Waals surface area contributed by atoms with Crippen LogP contribution in [0.4, 0.5) is 0 Å². The van der Waals surface area contributed by atoms with E-state index in [1.54, 1.807) is 6.26 Å². The van der Waals surface area contributed by atoms with Gasteiger partial charge in [-0.05, 0) is 0 Å². The van der Waals surface area contributed by atoms with Gasteiger partial charge in [-0.15, -0.1) is 0 Å². The summed E-state index contributed by atoms with van der Waals surface area (Å²) in [5.74, 6) is 0. The second kappa shape index (κ2) is 6.59. The van der Waals surface area contributed by atoms with Gasteiger partial charge in [0.15, 0.2) is 0 Å². The molecule has 0 aliphatic carbocycles. The molecule has 0 aliphatic rings. The first-order valence-electron chi connectivity index (χ1n) is 4.22. The molecule has 0 atom stereocenters. The molecule has 0 unspecified atom stereocenters. The SMILES string of the molecule is OCCOCCNCc1ccon1. The normalized spacial score (nSPS) is 10.5. The standard InChI is InChI=1S/C8H14N2O3/c11-3-6-12-5-2-9-7-8-1-4-13-10-8/h1,4,9,11H,2-3,5-7H2. The van der Waals surface area contributed by atoms with Crippen LogP contribution in [0.25, 0.3) is 0 Å². The van der Waals surface area contributed by atoms with Crippen molar-refractivity contribution in [2.75, 3.05) is 26.4 Å². The zero-order valence-corrected chi connectivity index (χ0v) is 7.40. The molecule has 0 aromatic carbocycles. The molecule has 13 heavy (non-hydrogen) atoms. The van der Waals surface area contributed by atoms with Crippen molar-refractivity contribution >= 4 is 0 Å². The summed E-state index contributed by atoms with van der Waals surface area (Å²) in [6.07, 6.45) is 1.54. The Hall–Kier alpha value is -0.910. The number of hydrogen-bond donors (Lipinski definition) is 2. The van der Waals surface area contributed by atoms with Gasteiger partial charge in [0.2, 0.25) is 0 Å². The Balaban J connectivity index is 1.90. The number of nitrogens with zero attached hydrogens (tertiary/aromatic N) is 1. The Morgan fingerprint density at radius 1 is 1.54 bits per heavy atom. The van der Waals surface area contributed by atoms with E-state index in [4.69, 9.17) is 9.84 Å². The van der Waals surface area contributed by atoms with Gasteiger partial charge in [0.25, 0.3) is 0 Å². The zero-order valence-electron chi connectivity index (χ0n) is 7.40. The van der Waals surface area contributed by atoms with E-state index in [0.29, 0.717) is 19.8 Å². The average molecular weight is 186 g/mol. The second-order valence-corrected chi connectivity index (χ2v) is 2.50. The molecule has 1 aromatic rings. The maximum Gasteiger partial charge on any atom is 0.124 e. The summed E-state index contributed by atoms with van der Waals surface area (Å²) >= 11 is 0. The lowest BCUT2D eigenvalue weighted by molar-refractivity contribution is 0.0937. The fourth-order valence-corrected chi connectivity index (χ4v) is 0.856. The molecular weight excluding hydrogens is 172 g/mol. The number of hydrogen-bond acceptors (Lipinski definition) is 5. The molecule has 0 saturated heterocycles. The molecule has 0 fully saturated rings. The van der Waals surface area contributed by atoms with Gasteiger partial charge >= 0.3 is 0 Å². The minimum Gasteiger partial charge on any atom is -0.394 e. The van der Waals surface area contributed by atoms with Crippen molar-refractivity contribution in [3.05, 3.63) is 18.0 Å². The smallest absolute Gasteiger partial charge is 0.124 e. The lowest BCUT2D eigenvalue weighted by Gasteiger charge is -2.02. The topological polar surface area (TPSA) is 67.5 Å². The molecule has 2 N–H and O–H groups in total. The number of aliphatic hydroxyl groups is 1. The molecule has 5 heteroatoms.